The first kappa shape index (κ1) is 14.9. The minimum Gasteiger partial charge on any atom is -0.508 e. The molecule has 3 aliphatic carbocycles. The summed E-state index contributed by atoms with van der Waals surface area (Å²) in [5, 5.41) is 26.7. The maximum absolute atomic E-state index is 10.8. The van der Waals surface area contributed by atoms with E-state index in [9.17, 15) is 10.2 Å². The number of aromatic nitrogens is 3. The molecule has 6 heteroatoms. The van der Waals surface area contributed by atoms with E-state index >= 15 is 0 Å². The van der Waals surface area contributed by atoms with Crippen LogP contribution in [0.4, 0.5) is 0 Å². The third-order valence-electron chi connectivity index (χ3n) is 5.54. The molecule has 0 atom stereocenters. The molecule has 2 aromatic rings. The Bertz CT molecular complexity index is 792. The molecular weight excluding hydrogens is 310 g/mol. The van der Waals surface area contributed by atoms with E-state index < -0.39 is 0 Å². The zero-order valence-electron chi connectivity index (χ0n) is 13.7. The Morgan fingerprint density at radius 3 is 2.35 bits per heavy atom. The fourth-order valence-electron chi connectivity index (χ4n) is 4.07. The Morgan fingerprint density at radius 2 is 1.78 bits per heavy atom. The summed E-state index contributed by atoms with van der Waals surface area (Å²) in [4.78, 5) is 0.697. The fourth-order valence-corrected chi connectivity index (χ4v) is 5.08. The molecule has 23 heavy (non-hydrogen) atoms. The molecule has 5 nitrogen and oxygen atoms in total. The van der Waals surface area contributed by atoms with Crippen molar-refractivity contribution in [2.45, 2.75) is 54.5 Å². The number of benzene rings is 1. The van der Waals surface area contributed by atoms with Gasteiger partial charge in [0.25, 0.3) is 0 Å². The summed E-state index contributed by atoms with van der Waals surface area (Å²) in [6, 6.07) is 1.71. The number of hydrogen-bond donors (Lipinski definition) is 2. The van der Waals surface area contributed by atoms with Crippen molar-refractivity contribution in [3.05, 3.63) is 23.0 Å². The lowest BCUT2D eigenvalue weighted by Gasteiger charge is -2.39. The highest BCUT2D eigenvalue weighted by atomic mass is 32.2. The molecule has 2 bridgehead atoms. The molecule has 0 unspecified atom stereocenters. The lowest BCUT2D eigenvalue weighted by atomic mass is 9.66. The van der Waals surface area contributed by atoms with E-state index in [1.165, 1.54) is 11.8 Å². The van der Waals surface area contributed by atoms with Gasteiger partial charge in [-0.3, -0.25) is 0 Å². The maximum atomic E-state index is 10.8. The van der Waals surface area contributed by atoms with Crippen LogP contribution in [0.15, 0.2) is 16.1 Å². The van der Waals surface area contributed by atoms with Crippen molar-refractivity contribution < 1.29 is 14.8 Å². The average molecular weight is 332 g/mol. The molecule has 0 amide bonds. The lowest BCUT2D eigenvalue weighted by Crippen LogP contribution is -2.32. The van der Waals surface area contributed by atoms with Crippen LogP contribution in [-0.4, -0.2) is 20.0 Å². The fraction of sp³-hybridized carbons (Fsp3) is 0.529. The standard InChI is InChI=1S/C17H21N3O2S/c1-9-19(2)17(18-20(9)3)23-13-8-12(21)14-10-4-6-11(7-5-10)15(14)16(13)22/h8,10-11H,4-7H2,1-3H3,(H-,21,22)/p+1. The van der Waals surface area contributed by atoms with Crippen molar-refractivity contribution in [1.29, 1.82) is 0 Å². The maximum Gasteiger partial charge on any atom is 0.341 e. The van der Waals surface area contributed by atoms with Gasteiger partial charge < -0.3 is 10.2 Å². The largest absolute Gasteiger partial charge is 0.508 e. The number of aryl methyl sites for hydroxylation is 1. The van der Waals surface area contributed by atoms with E-state index in [0.29, 0.717) is 28.2 Å². The van der Waals surface area contributed by atoms with Crippen molar-refractivity contribution in [3.8, 4) is 11.5 Å². The normalized spacial score (nSPS) is 22.4. The third kappa shape index (κ3) is 2.15. The second-order valence-corrected chi connectivity index (χ2v) is 7.74. The summed E-state index contributed by atoms with van der Waals surface area (Å²) < 4.78 is 3.81. The van der Waals surface area contributed by atoms with Gasteiger partial charge in [-0.2, -0.15) is 0 Å². The topological polar surface area (TPSA) is 62.2 Å². The average Bonchev–Trinajstić information content (AvgIpc) is 2.80. The predicted octanol–water partition coefficient (Wildman–Crippen LogP) is 2.87. The van der Waals surface area contributed by atoms with Crippen LogP contribution >= 0.6 is 11.8 Å². The Hall–Kier alpha value is -1.69. The van der Waals surface area contributed by atoms with Crippen molar-refractivity contribution in [2.24, 2.45) is 14.1 Å². The van der Waals surface area contributed by atoms with E-state index in [4.69, 9.17) is 0 Å². The molecule has 1 saturated carbocycles. The molecule has 5 rings (SSSR count). The van der Waals surface area contributed by atoms with Gasteiger partial charge in [0.15, 0.2) is 0 Å². The van der Waals surface area contributed by atoms with Crippen molar-refractivity contribution >= 4 is 11.8 Å². The number of hydrogen-bond acceptors (Lipinski definition) is 4. The monoisotopic (exact) mass is 332 g/mol. The molecule has 1 aromatic carbocycles. The van der Waals surface area contributed by atoms with Crippen LogP contribution in [0.3, 0.4) is 0 Å². The summed E-state index contributed by atoms with van der Waals surface area (Å²) in [6.07, 6.45) is 4.50. The van der Waals surface area contributed by atoms with Crippen LogP contribution in [0.5, 0.6) is 11.5 Å². The van der Waals surface area contributed by atoms with E-state index in [2.05, 4.69) is 5.10 Å². The van der Waals surface area contributed by atoms with Crippen LogP contribution in [0.25, 0.3) is 0 Å². The van der Waals surface area contributed by atoms with Gasteiger partial charge in [0.2, 0.25) is 5.82 Å². The molecule has 1 fully saturated rings. The molecule has 122 valence electrons. The van der Waals surface area contributed by atoms with Crippen LogP contribution < -0.4 is 4.57 Å². The minimum atomic E-state index is 0.338. The molecule has 0 radical (unpaired) electrons. The van der Waals surface area contributed by atoms with Gasteiger partial charge in [-0.05, 0) is 55.3 Å². The van der Waals surface area contributed by atoms with Gasteiger partial charge in [-0.1, -0.05) is 0 Å². The van der Waals surface area contributed by atoms with E-state index in [-0.39, 0.29) is 0 Å². The molecule has 1 aromatic heterocycles. The molecular formula is C17H22N3O2S+. The number of phenols is 2. The Labute approximate surface area is 140 Å². The number of rotatable bonds is 2. The van der Waals surface area contributed by atoms with Gasteiger partial charge in [-0.15, -0.1) is 4.68 Å². The quantitative estimate of drug-likeness (QED) is 0.656. The summed E-state index contributed by atoms with van der Waals surface area (Å²) in [5.74, 6) is 2.52. The second-order valence-electron chi connectivity index (χ2n) is 6.73. The molecule has 3 aliphatic rings. The molecule has 0 spiro atoms. The van der Waals surface area contributed by atoms with Crippen LogP contribution in [0.2, 0.25) is 0 Å². The Morgan fingerprint density at radius 1 is 1.17 bits per heavy atom. The SMILES string of the molecule is Cc1n(C)nc(Sc2cc(O)c3c(c2O)C2CCC3CC2)[n+]1C. The third-order valence-corrected chi connectivity index (χ3v) is 6.61. The predicted molar refractivity (Wildman–Crippen MR) is 87.0 cm³/mol. The first-order valence-electron chi connectivity index (χ1n) is 8.13. The number of phenolic OH excluding ortho intramolecular Hbond substituents is 2. The summed E-state index contributed by atoms with van der Waals surface area (Å²) in [6.45, 7) is 2.00. The lowest BCUT2D eigenvalue weighted by molar-refractivity contribution is -0.715. The highest BCUT2D eigenvalue weighted by Gasteiger charge is 2.38. The van der Waals surface area contributed by atoms with E-state index in [1.54, 1.807) is 6.07 Å². The molecule has 0 saturated heterocycles. The number of nitrogens with zero attached hydrogens (tertiary/aromatic N) is 3. The van der Waals surface area contributed by atoms with Crippen molar-refractivity contribution in [2.75, 3.05) is 0 Å². The van der Waals surface area contributed by atoms with Gasteiger partial charge in [0.05, 0.1) is 24.1 Å². The highest BCUT2D eigenvalue weighted by molar-refractivity contribution is 7.99. The van der Waals surface area contributed by atoms with E-state index in [0.717, 1.165) is 47.8 Å². The minimum absolute atomic E-state index is 0.338. The van der Waals surface area contributed by atoms with Gasteiger partial charge in [0, 0.05) is 18.1 Å². The zero-order valence-corrected chi connectivity index (χ0v) is 14.5. The Balaban J connectivity index is 1.80. The summed E-state index contributed by atoms with van der Waals surface area (Å²) in [5.41, 5.74) is 1.99. The van der Waals surface area contributed by atoms with E-state index in [1.807, 2.05) is 30.3 Å². The van der Waals surface area contributed by atoms with Crippen molar-refractivity contribution in [3.63, 3.8) is 0 Å². The molecule has 2 N–H and O–H groups in total. The van der Waals surface area contributed by atoms with Gasteiger partial charge >= 0.3 is 5.16 Å². The van der Waals surface area contributed by atoms with Crippen LogP contribution in [-0.2, 0) is 14.1 Å². The molecule has 0 aliphatic heterocycles. The number of aromatic hydroxyl groups is 2. The summed E-state index contributed by atoms with van der Waals surface area (Å²) >= 11 is 1.41. The van der Waals surface area contributed by atoms with Crippen LogP contribution in [0, 0.1) is 6.92 Å². The highest BCUT2D eigenvalue weighted by Crippen LogP contribution is 2.57. The number of fused-ring (bicyclic) bond motifs is 2. The van der Waals surface area contributed by atoms with Gasteiger partial charge in [-0.25, -0.2) is 4.57 Å². The van der Waals surface area contributed by atoms with Gasteiger partial charge in [0.1, 0.15) is 11.5 Å². The first-order valence-corrected chi connectivity index (χ1v) is 8.95. The second kappa shape index (κ2) is 5.16. The zero-order chi connectivity index (χ0) is 16.3. The first-order chi connectivity index (χ1) is 11.0. The smallest absolute Gasteiger partial charge is 0.341 e. The Kier molecular flexibility index (Phi) is 3.34. The molecule has 1 heterocycles. The van der Waals surface area contributed by atoms with Crippen molar-refractivity contribution in [1.82, 2.24) is 9.78 Å². The summed E-state index contributed by atoms with van der Waals surface area (Å²) in [7, 11) is 3.87. The van der Waals surface area contributed by atoms with Crippen LogP contribution in [0.1, 0.15) is 54.5 Å².